The first-order chi connectivity index (χ1) is 10.3. The number of nitrogens with two attached hydrogens (primary N) is 1. The summed E-state index contributed by atoms with van der Waals surface area (Å²) in [6.45, 7) is 1.87. The Labute approximate surface area is 129 Å². The second kappa shape index (κ2) is 7.26. The molecule has 8 nitrogen and oxygen atoms in total. The highest BCUT2D eigenvalue weighted by Crippen LogP contribution is 2.28. The summed E-state index contributed by atoms with van der Waals surface area (Å²) in [7, 11) is 7.15. The van der Waals surface area contributed by atoms with E-state index < -0.39 is 5.97 Å². The van der Waals surface area contributed by atoms with Gasteiger partial charge in [0.2, 0.25) is 5.95 Å². The van der Waals surface area contributed by atoms with E-state index in [4.69, 9.17) is 10.5 Å². The average molecular weight is 304 g/mol. The minimum atomic E-state index is -0.684. The highest BCUT2D eigenvalue weighted by atomic mass is 16.5. The molecule has 0 aliphatic heterocycles. The minimum absolute atomic E-state index is 0.110. The molecule has 0 unspecified atom stereocenters. The number of nitriles is 1. The van der Waals surface area contributed by atoms with Crippen molar-refractivity contribution in [2.75, 3.05) is 50.3 Å². The van der Waals surface area contributed by atoms with Crippen molar-refractivity contribution in [1.29, 1.82) is 5.26 Å². The molecule has 0 bridgehead atoms. The Morgan fingerprint density at radius 3 is 2.14 bits per heavy atom. The molecule has 0 fully saturated rings. The number of carbonyl (C=O) groups is 1. The summed E-state index contributed by atoms with van der Waals surface area (Å²) in [6, 6.07) is 1.84. The molecule has 0 radical (unpaired) electrons. The van der Waals surface area contributed by atoms with E-state index in [1.807, 2.05) is 6.07 Å². The molecule has 0 spiro atoms. The molecule has 0 amide bonds. The second-order valence-electron chi connectivity index (χ2n) is 4.82. The molecule has 0 aromatic carbocycles. The molecular formula is C14H20N6O2. The highest BCUT2D eigenvalue weighted by molar-refractivity contribution is 5.99. The highest BCUT2D eigenvalue weighted by Gasteiger charge is 2.18. The van der Waals surface area contributed by atoms with Crippen molar-refractivity contribution in [3.8, 4) is 6.07 Å². The number of rotatable bonds is 5. The van der Waals surface area contributed by atoms with Gasteiger partial charge in [-0.2, -0.15) is 15.2 Å². The lowest BCUT2D eigenvalue weighted by molar-refractivity contribution is -0.137. The minimum Gasteiger partial charge on any atom is -0.462 e. The van der Waals surface area contributed by atoms with Crippen molar-refractivity contribution in [3.63, 3.8) is 0 Å². The zero-order valence-corrected chi connectivity index (χ0v) is 13.4. The summed E-state index contributed by atoms with van der Waals surface area (Å²) in [5.74, 6) is 0.442. The lowest BCUT2D eigenvalue weighted by atomic mass is 10.1. The Bertz CT molecular complexity index is 602. The number of anilines is 3. The van der Waals surface area contributed by atoms with Gasteiger partial charge in [-0.05, 0) is 13.0 Å². The molecule has 1 rings (SSSR count). The smallest absolute Gasteiger partial charge is 0.348 e. The molecular weight excluding hydrogens is 284 g/mol. The number of nitrogen functional groups attached to an aromatic ring is 1. The van der Waals surface area contributed by atoms with Crippen LogP contribution in [0, 0.1) is 11.3 Å². The number of carbonyl (C=O) groups excluding carboxylic acids is 1. The molecule has 118 valence electrons. The van der Waals surface area contributed by atoms with Crippen LogP contribution in [0.5, 0.6) is 0 Å². The first-order valence-corrected chi connectivity index (χ1v) is 6.62. The first kappa shape index (κ1) is 17.2. The Kier molecular flexibility index (Phi) is 5.69. The van der Waals surface area contributed by atoms with Gasteiger partial charge >= 0.3 is 5.97 Å². The van der Waals surface area contributed by atoms with Gasteiger partial charge in [-0.25, -0.2) is 4.79 Å². The van der Waals surface area contributed by atoms with E-state index in [1.54, 1.807) is 44.9 Å². The lowest BCUT2D eigenvalue weighted by Crippen LogP contribution is -2.20. The van der Waals surface area contributed by atoms with E-state index in [0.29, 0.717) is 17.2 Å². The Morgan fingerprint density at radius 1 is 1.27 bits per heavy atom. The fraction of sp³-hybridized carbons (Fsp3) is 0.429. The number of aromatic nitrogens is 2. The van der Waals surface area contributed by atoms with Crippen LogP contribution >= 0.6 is 0 Å². The molecule has 1 aromatic rings. The van der Waals surface area contributed by atoms with Crippen LogP contribution in [0.1, 0.15) is 12.5 Å². The van der Waals surface area contributed by atoms with Crippen LogP contribution in [-0.4, -0.2) is 50.7 Å². The Morgan fingerprint density at radius 2 is 1.77 bits per heavy atom. The zero-order valence-electron chi connectivity index (χ0n) is 13.4. The van der Waals surface area contributed by atoms with Crippen LogP contribution in [-0.2, 0) is 9.53 Å². The number of ether oxygens (including phenoxy) is 1. The van der Waals surface area contributed by atoms with E-state index >= 15 is 0 Å². The number of hydrogen-bond acceptors (Lipinski definition) is 8. The van der Waals surface area contributed by atoms with Gasteiger partial charge in [0.15, 0.2) is 0 Å². The van der Waals surface area contributed by atoms with E-state index in [9.17, 15) is 10.1 Å². The molecule has 0 saturated carbocycles. The second-order valence-corrected chi connectivity index (χ2v) is 4.82. The summed E-state index contributed by atoms with van der Waals surface area (Å²) >= 11 is 0. The molecule has 2 N–H and O–H groups in total. The molecule has 0 saturated heterocycles. The summed E-state index contributed by atoms with van der Waals surface area (Å²) in [4.78, 5) is 23.6. The van der Waals surface area contributed by atoms with Crippen LogP contribution in [0.25, 0.3) is 6.08 Å². The van der Waals surface area contributed by atoms with Crippen LogP contribution in [0.2, 0.25) is 0 Å². The monoisotopic (exact) mass is 304 g/mol. The lowest BCUT2D eigenvalue weighted by Gasteiger charge is -2.21. The maximum absolute atomic E-state index is 11.8. The summed E-state index contributed by atoms with van der Waals surface area (Å²) in [5, 5.41) is 9.19. The number of hydrogen-bond donors (Lipinski definition) is 1. The zero-order chi connectivity index (χ0) is 16.9. The fourth-order valence-corrected chi connectivity index (χ4v) is 1.76. The van der Waals surface area contributed by atoms with Crippen molar-refractivity contribution in [2.24, 2.45) is 0 Å². The van der Waals surface area contributed by atoms with Gasteiger partial charge in [0.1, 0.15) is 23.3 Å². The normalized spacial score (nSPS) is 10.8. The summed E-state index contributed by atoms with van der Waals surface area (Å²) in [6.07, 6.45) is 1.42. The van der Waals surface area contributed by atoms with Gasteiger partial charge < -0.3 is 20.3 Å². The molecule has 1 aromatic heterocycles. The van der Waals surface area contributed by atoms with Gasteiger partial charge in [-0.15, -0.1) is 0 Å². The quantitative estimate of drug-likeness (QED) is 0.480. The van der Waals surface area contributed by atoms with Gasteiger partial charge in [0.25, 0.3) is 0 Å². The molecule has 0 atom stereocenters. The van der Waals surface area contributed by atoms with Crippen LogP contribution in [0.15, 0.2) is 5.57 Å². The Hall–Kier alpha value is -2.82. The average Bonchev–Trinajstić information content (AvgIpc) is 2.44. The molecule has 22 heavy (non-hydrogen) atoms. The maximum atomic E-state index is 11.8. The molecule has 8 heteroatoms. The largest absolute Gasteiger partial charge is 0.462 e. The summed E-state index contributed by atoms with van der Waals surface area (Å²) < 4.78 is 4.87. The third-order valence-electron chi connectivity index (χ3n) is 2.67. The van der Waals surface area contributed by atoms with Crippen LogP contribution < -0.4 is 15.5 Å². The van der Waals surface area contributed by atoms with Crippen molar-refractivity contribution in [2.45, 2.75) is 6.92 Å². The predicted molar refractivity (Wildman–Crippen MR) is 85.3 cm³/mol. The first-order valence-electron chi connectivity index (χ1n) is 6.62. The third kappa shape index (κ3) is 3.85. The Balaban J connectivity index is 3.56. The van der Waals surface area contributed by atoms with Crippen LogP contribution in [0.3, 0.4) is 0 Å². The van der Waals surface area contributed by atoms with Gasteiger partial charge in [0, 0.05) is 28.2 Å². The van der Waals surface area contributed by atoms with Gasteiger partial charge in [-0.1, -0.05) is 0 Å². The number of nitrogens with zero attached hydrogens (tertiary/aromatic N) is 5. The van der Waals surface area contributed by atoms with Crippen molar-refractivity contribution < 1.29 is 9.53 Å². The van der Waals surface area contributed by atoms with E-state index in [2.05, 4.69) is 9.97 Å². The van der Waals surface area contributed by atoms with E-state index in [0.717, 1.165) is 0 Å². The van der Waals surface area contributed by atoms with E-state index in [-0.39, 0.29) is 18.1 Å². The number of esters is 1. The molecule has 0 aliphatic carbocycles. The van der Waals surface area contributed by atoms with Gasteiger partial charge in [0.05, 0.1) is 12.2 Å². The van der Waals surface area contributed by atoms with E-state index in [1.165, 1.54) is 6.08 Å². The van der Waals surface area contributed by atoms with Crippen molar-refractivity contribution in [3.05, 3.63) is 11.1 Å². The maximum Gasteiger partial charge on any atom is 0.348 e. The summed E-state index contributed by atoms with van der Waals surface area (Å²) in [5.41, 5.74) is 6.12. The topological polar surface area (TPSA) is 108 Å². The SMILES string of the molecule is CCOC(=O)C(C#N)=Cc1c(N(C)C)nc(N)nc1N(C)C. The fourth-order valence-electron chi connectivity index (χ4n) is 1.76. The third-order valence-corrected chi connectivity index (χ3v) is 2.67. The predicted octanol–water partition coefficient (Wildman–Crippen LogP) is 0.661. The van der Waals surface area contributed by atoms with Crippen molar-refractivity contribution in [1.82, 2.24) is 9.97 Å². The van der Waals surface area contributed by atoms with Crippen molar-refractivity contribution >= 4 is 29.6 Å². The molecule has 0 aliphatic rings. The van der Waals surface area contributed by atoms with Gasteiger partial charge in [-0.3, -0.25) is 0 Å². The van der Waals surface area contributed by atoms with Crippen LogP contribution in [0.4, 0.5) is 17.6 Å². The standard InChI is InChI=1S/C14H20N6O2/c1-6-22-13(21)9(8-15)7-10-11(19(2)3)17-14(16)18-12(10)20(4)5/h7H,6H2,1-5H3,(H2,16,17,18). The molecule has 1 heterocycles.